The largest absolute Gasteiger partial charge is 0.481 e. The highest BCUT2D eigenvalue weighted by atomic mass is 79.9. The standard InChI is InChI=1S/C13H13BrFNO3/c14-10-4-3-9(15)6-11(10)16-12(17)7-1-2-8(5-7)13(18)19/h3-4,6-8H,1-2,5H2,(H,16,17)(H,18,19). The first-order chi connectivity index (χ1) is 8.97. The van der Waals surface area contributed by atoms with Crippen LogP contribution in [0.5, 0.6) is 0 Å². The van der Waals surface area contributed by atoms with Crippen LogP contribution in [0.2, 0.25) is 0 Å². The molecule has 102 valence electrons. The van der Waals surface area contributed by atoms with Gasteiger partial charge in [0.05, 0.1) is 11.6 Å². The number of nitrogens with one attached hydrogen (secondary N) is 1. The van der Waals surface area contributed by atoms with Crippen LogP contribution in [-0.2, 0) is 9.59 Å². The molecule has 0 heterocycles. The number of anilines is 1. The fourth-order valence-electron chi connectivity index (χ4n) is 2.27. The predicted octanol–water partition coefficient (Wildman–Crippen LogP) is 3.03. The Hall–Kier alpha value is -1.43. The zero-order valence-corrected chi connectivity index (χ0v) is 11.6. The smallest absolute Gasteiger partial charge is 0.306 e. The topological polar surface area (TPSA) is 66.4 Å². The number of carbonyl (C=O) groups is 2. The van der Waals surface area contributed by atoms with E-state index in [1.54, 1.807) is 0 Å². The number of amides is 1. The molecule has 0 spiro atoms. The lowest BCUT2D eigenvalue weighted by molar-refractivity contribution is -0.141. The minimum atomic E-state index is -0.859. The van der Waals surface area contributed by atoms with Crippen LogP contribution < -0.4 is 5.32 Å². The molecule has 1 aromatic rings. The zero-order chi connectivity index (χ0) is 14.0. The third-order valence-electron chi connectivity index (χ3n) is 3.34. The Labute approximate surface area is 118 Å². The highest BCUT2D eigenvalue weighted by Gasteiger charge is 2.33. The first kappa shape index (κ1) is 14.0. The molecule has 1 aromatic carbocycles. The Morgan fingerprint density at radius 1 is 1.32 bits per heavy atom. The summed E-state index contributed by atoms with van der Waals surface area (Å²) in [4.78, 5) is 22.8. The van der Waals surface area contributed by atoms with Crippen molar-refractivity contribution in [3.8, 4) is 0 Å². The maximum atomic E-state index is 13.1. The van der Waals surface area contributed by atoms with Crippen molar-refractivity contribution in [1.29, 1.82) is 0 Å². The molecule has 1 amide bonds. The molecule has 6 heteroatoms. The molecule has 0 aliphatic heterocycles. The van der Waals surface area contributed by atoms with E-state index in [1.165, 1.54) is 18.2 Å². The second-order valence-electron chi connectivity index (χ2n) is 4.66. The van der Waals surface area contributed by atoms with Gasteiger partial charge in [0, 0.05) is 10.4 Å². The van der Waals surface area contributed by atoms with Gasteiger partial charge < -0.3 is 10.4 Å². The normalized spacial score (nSPS) is 22.2. The van der Waals surface area contributed by atoms with E-state index in [0.717, 1.165) is 0 Å². The summed E-state index contributed by atoms with van der Waals surface area (Å²) >= 11 is 3.23. The Bertz CT molecular complexity index is 521. The van der Waals surface area contributed by atoms with E-state index in [0.29, 0.717) is 29.4 Å². The lowest BCUT2D eigenvalue weighted by atomic mass is 10.0. The minimum absolute atomic E-state index is 0.255. The summed E-state index contributed by atoms with van der Waals surface area (Å²) < 4.78 is 13.7. The predicted molar refractivity (Wildman–Crippen MR) is 71.2 cm³/mol. The molecule has 2 unspecified atom stereocenters. The van der Waals surface area contributed by atoms with E-state index in [9.17, 15) is 14.0 Å². The fourth-order valence-corrected chi connectivity index (χ4v) is 2.62. The van der Waals surface area contributed by atoms with Gasteiger partial charge in [-0.2, -0.15) is 0 Å². The quantitative estimate of drug-likeness (QED) is 0.895. The Morgan fingerprint density at radius 2 is 2.00 bits per heavy atom. The van der Waals surface area contributed by atoms with E-state index < -0.39 is 17.7 Å². The van der Waals surface area contributed by atoms with Crippen LogP contribution in [0, 0.1) is 17.7 Å². The molecule has 1 aliphatic rings. The first-order valence-electron chi connectivity index (χ1n) is 5.96. The summed E-state index contributed by atoms with van der Waals surface area (Å²) in [6.45, 7) is 0. The number of carbonyl (C=O) groups excluding carboxylic acids is 1. The van der Waals surface area contributed by atoms with E-state index >= 15 is 0 Å². The third-order valence-corrected chi connectivity index (χ3v) is 4.03. The van der Waals surface area contributed by atoms with Crippen LogP contribution >= 0.6 is 15.9 Å². The highest BCUT2D eigenvalue weighted by molar-refractivity contribution is 9.10. The van der Waals surface area contributed by atoms with Crippen molar-refractivity contribution in [1.82, 2.24) is 0 Å². The Kier molecular flexibility index (Phi) is 4.19. The van der Waals surface area contributed by atoms with Crippen molar-refractivity contribution in [2.45, 2.75) is 19.3 Å². The van der Waals surface area contributed by atoms with Crippen molar-refractivity contribution in [3.05, 3.63) is 28.5 Å². The van der Waals surface area contributed by atoms with Gasteiger partial charge in [-0.1, -0.05) is 0 Å². The SMILES string of the molecule is O=C(O)C1CCC(C(=O)Nc2cc(F)ccc2Br)C1. The lowest BCUT2D eigenvalue weighted by Crippen LogP contribution is -2.22. The molecular weight excluding hydrogens is 317 g/mol. The number of rotatable bonds is 3. The molecule has 0 bridgehead atoms. The van der Waals surface area contributed by atoms with Crippen LogP contribution in [0.1, 0.15) is 19.3 Å². The van der Waals surface area contributed by atoms with Crippen LogP contribution in [0.25, 0.3) is 0 Å². The molecule has 0 saturated heterocycles. The van der Waals surface area contributed by atoms with Crippen LogP contribution in [0.15, 0.2) is 22.7 Å². The molecule has 19 heavy (non-hydrogen) atoms. The number of hydrogen-bond acceptors (Lipinski definition) is 2. The van der Waals surface area contributed by atoms with Gasteiger partial charge in [0.25, 0.3) is 0 Å². The summed E-state index contributed by atoms with van der Waals surface area (Å²) in [5, 5.41) is 11.5. The number of hydrogen-bond donors (Lipinski definition) is 2. The summed E-state index contributed by atoms with van der Waals surface area (Å²) in [5.74, 6) is -2.33. The van der Waals surface area contributed by atoms with E-state index in [4.69, 9.17) is 5.11 Å². The van der Waals surface area contributed by atoms with Crippen molar-refractivity contribution < 1.29 is 19.1 Å². The Morgan fingerprint density at radius 3 is 2.63 bits per heavy atom. The van der Waals surface area contributed by atoms with Gasteiger partial charge in [0.1, 0.15) is 5.82 Å². The number of benzene rings is 1. The van der Waals surface area contributed by atoms with Crippen molar-refractivity contribution >= 4 is 33.5 Å². The van der Waals surface area contributed by atoms with E-state index in [-0.39, 0.29) is 11.8 Å². The van der Waals surface area contributed by atoms with Crippen molar-refractivity contribution in [2.75, 3.05) is 5.32 Å². The van der Waals surface area contributed by atoms with Gasteiger partial charge in [-0.3, -0.25) is 9.59 Å². The number of halogens is 2. The van der Waals surface area contributed by atoms with Gasteiger partial charge in [-0.15, -0.1) is 0 Å². The summed E-state index contributed by atoms with van der Waals surface area (Å²) in [7, 11) is 0. The number of carboxylic acids is 1. The first-order valence-corrected chi connectivity index (χ1v) is 6.75. The van der Waals surface area contributed by atoms with Gasteiger partial charge in [0.15, 0.2) is 0 Å². The van der Waals surface area contributed by atoms with Crippen molar-refractivity contribution in [3.63, 3.8) is 0 Å². The molecular formula is C13H13BrFNO3. The van der Waals surface area contributed by atoms with E-state index in [2.05, 4.69) is 21.2 Å². The fraction of sp³-hybridized carbons (Fsp3) is 0.385. The molecule has 4 nitrogen and oxygen atoms in total. The minimum Gasteiger partial charge on any atom is -0.481 e. The Balaban J connectivity index is 2.02. The molecule has 1 aliphatic carbocycles. The van der Waals surface area contributed by atoms with Crippen LogP contribution in [0.4, 0.5) is 10.1 Å². The average molecular weight is 330 g/mol. The number of aliphatic carboxylic acids is 1. The molecule has 1 saturated carbocycles. The average Bonchev–Trinajstić information content (AvgIpc) is 2.83. The zero-order valence-electron chi connectivity index (χ0n) is 10.0. The summed E-state index contributed by atoms with van der Waals surface area (Å²) in [6.07, 6.45) is 1.40. The van der Waals surface area contributed by atoms with Gasteiger partial charge in [-0.25, -0.2) is 4.39 Å². The maximum absolute atomic E-state index is 13.1. The summed E-state index contributed by atoms with van der Waals surface area (Å²) in [5.41, 5.74) is 0.365. The molecule has 1 fully saturated rings. The molecule has 0 radical (unpaired) electrons. The monoisotopic (exact) mass is 329 g/mol. The molecule has 2 rings (SSSR count). The van der Waals surface area contributed by atoms with Crippen molar-refractivity contribution in [2.24, 2.45) is 11.8 Å². The summed E-state index contributed by atoms with van der Waals surface area (Å²) in [6, 6.07) is 4.03. The maximum Gasteiger partial charge on any atom is 0.306 e. The van der Waals surface area contributed by atoms with Crippen LogP contribution in [0.3, 0.4) is 0 Å². The highest BCUT2D eigenvalue weighted by Crippen LogP contribution is 2.32. The molecule has 2 N–H and O–H groups in total. The van der Waals surface area contributed by atoms with Crippen LogP contribution in [-0.4, -0.2) is 17.0 Å². The van der Waals surface area contributed by atoms with E-state index in [1.807, 2.05) is 0 Å². The molecule has 0 aromatic heterocycles. The van der Waals surface area contributed by atoms with Gasteiger partial charge in [-0.05, 0) is 53.4 Å². The lowest BCUT2D eigenvalue weighted by Gasteiger charge is -2.12. The van der Waals surface area contributed by atoms with Gasteiger partial charge in [0.2, 0.25) is 5.91 Å². The van der Waals surface area contributed by atoms with Gasteiger partial charge >= 0.3 is 5.97 Å². The molecule has 2 atom stereocenters. The number of carboxylic acid groups (broad SMARTS) is 1. The third kappa shape index (κ3) is 3.32. The second-order valence-corrected chi connectivity index (χ2v) is 5.51. The second kappa shape index (κ2) is 5.69.